The second kappa shape index (κ2) is 6.89. The molecule has 2 aromatic rings. The molecule has 0 aliphatic rings. The van der Waals surface area contributed by atoms with Crippen LogP contribution in [-0.2, 0) is 4.74 Å². The van der Waals surface area contributed by atoms with Crippen LogP contribution < -0.4 is 11.1 Å². The van der Waals surface area contributed by atoms with Gasteiger partial charge in [-0.05, 0) is 24.3 Å². The minimum absolute atomic E-state index is 0.0212. The van der Waals surface area contributed by atoms with Crippen LogP contribution in [0.15, 0.2) is 41.0 Å². The number of carbonyl (C=O) groups excluding carboxylic acids is 2. The van der Waals surface area contributed by atoms with Crippen LogP contribution in [0.4, 0.5) is 4.79 Å². The van der Waals surface area contributed by atoms with Gasteiger partial charge >= 0.3 is 6.09 Å². The van der Waals surface area contributed by atoms with Crippen molar-refractivity contribution in [3.05, 3.63) is 46.7 Å². The van der Waals surface area contributed by atoms with Crippen LogP contribution in [0, 0.1) is 0 Å². The molecule has 0 spiro atoms. The van der Waals surface area contributed by atoms with E-state index >= 15 is 0 Å². The van der Waals surface area contributed by atoms with Crippen molar-refractivity contribution in [3.8, 4) is 5.69 Å². The lowest BCUT2D eigenvalue weighted by Gasteiger charge is -2.03. The molecule has 0 saturated heterocycles. The molecule has 21 heavy (non-hydrogen) atoms. The second-order valence-corrected chi connectivity index (χ2v) is 4.96. The van der Waals surface area contributed by atoms with E-state index in [-0.39, 0.29) is 24.8 Å². The van der Waals surface area contributed by atoms with E-state index in [2.05, 4.69) is 31.1 Å². The quantitative estimate of drug-likeness (QED) is 0.795. The Morgan fingerprint density at radius 3 is 2.90 bits per heavy atom. The molecule has 7 nitrogen and oxygen atoms in total. The molecular weight excluding hydrogens is 340 g/mol. The van der Waals surface area contributed by atoms with Crippen LogP contribution in [-0.4, -0.2) is 34.9 Å². The van der Waals surface area contributed by atoms with Crippen LogP contribution in [0.2, 0.25) is 0 Å². The van der Waals surface area contributed by atoms with Gasteiger partial charge in [-0.2, -0.15) is 5.10 Å². The number of amides is 2. The lowest BCUT2D eigenvalue weighted by Crippen LogP contribution is -2.29. The summed E-state index contributed by atoms with van der Waals surface area (Å²) in [5.41, 5.74) is 5.91. The fourth-order valence-corrected chi connectivity index (χ4v) is 2.00. The summed E-state index contributed by atoms with van der Waals surface area (Å²) in [5, 5.41) is 6.76. The highest BCUT2D eigenvalue weighted by molar-refractivity contribution is 9.10. The topological polar surface area (TPSA) is 99.2 Å². The van der Waals surface area contributed by atoms with Crippen molar-refractivity contribution in [1.82, 2.24) is 15.1 Å². The molecule has 2 rings (SSSR count). The first-order chi connectivity index (χ1) is 10.1. The largest absolute Gasteiger partial charge is 0.448 e. The van der Waals surface area contributed by atoms with Gasteiger partial charge in [-0.15, -0.1) is 0 Å². The predicted molar refractivity (Wildman–Crippen MR) is 79.1 cm³/mol. The summed E-state index contributed by atoms with van der Waals surface area (Å²) in [4.78, 5) is 22.2. The number of primary amides is 1. The van der Waals surface area contributed by atoms with E-state index in [1.165, 1.54) is 0 Å². The van der Waals surface area contributed by atoms with Gasteiger partial charge in [-0.1, -0.05) is 22.0 Å². The average molecular weight is 353 g/mol. The van der Waals surface area contributed by atoms with Crippen molar-refractivity contribution in [3.63, 3.8) is 0 Å². The number of rotatable bonds is 5. The molecule has 3 N–H and O–H groups in total. The number of aromatic nitrogens is 2. The molecule has 0 bridgehead atoms. The first-order valence-electron chi connectivity index (χ1n) is 6.08. The van der Waals surface area contributed by atoms with Crippen LogP contribution in [0.1, 0.15) is 10.5 Å². The number of benzene rings is 1. The molecule has 0 radical (unpaired) electrons. The maximum absolute atomic E-state index is 11.8. The van der Waals surface area contributed by atoms with Crippen molar-refractivity contribution >= 4 is 27.9 Å². The minimum atomic E-state index is -0.872. The van der Waals surface area contributed by atoms with E-state index in [0.717, 1.165) is 10.2 Å². The third-order valence-electron chi connectivity index (χ3n) is 2.53. The highest BCUT2D eigenvalue weighted by Gasteiger charge is 2.10. The SMILES string of the molecule is NC(=O)OCCNC(=O)c1ccn(-c2cccc(Br)c2)n1. The highest BCUT2D eigenvalue weighted by Crippen LogP contribution is 2.15. The second-order valence-electron chi connectivity index (χ2n) is 4.05. The number of nitrogens with one attached hydrogen (secondary N) is 1. The molecule has 0 fully saturated rings. The van der Waals surface area contributed by atoms with Gasteiger partial charge in [-0.3, -0.25) is 4.79 Å². The van der Waals surface area contributed by atoms with E-state index in [4.69, 9.17) is 5.73 Å². The van der Waals surface area contributed by atoms with Gasteiger partial charge in [0, 0.05) is 10.7 Å². The van der Waals surface area contributed by atoms with Crippen LogP contribution >= 0.6 is 15.9 Å². The summed E-state index contributed by atoms with van der Waals surface area (Å²) >= 11 is 3.38. The number of nitrogens with two attached hydrogens (primary N) is 1. The van der Waals surface area contributed by atoms with Gasteiger partial charge in [-0.25, -0.2) is 9.48 Å². The standard InChI is InChI=1S/C13H13BrN4O3/c14-9-2-1-3-10(8-9)18-6-4-11(17-18)12(19)16-5-7-21-13(15)20/h1-4,6,8H,5,7H2,(H2,15,20)(H,16,19). The van der Waals surface area contributed by atoms with Crippen molar-refractivity contribution in [1.29, 1.82) is 0 Å². The van der Waals surface area contributed by atoms with Crippen LogP contribution in [0.5, 0.6) is 0 Å². The Morgan fingerprint density at radius 2 is 2.19 bits per heavy atom. The van der Waals surface area contributed by atoms with E-state index in [0.29, 0.717) is 0 Å². The Bertz CT molecular complexity index is 656. The third kappa shape index (κ3) is 4.32. The fourth-order valence-electron chi connectivity index (χ4n) is 1.61. The third-order valence-corrected chi connectivity index (χ3v) is 3.02. The maximum atomic E-state index is 11.8. The molecule has 1 aromatic carbocycles. The minimum Gasteiger partial charge on any atom is -0.448 e. The summed E-state index contributed by atoms with van der Waals surface area (Å²) in [7, 11) is 0. The summed E-state index contributed by atoms with van der Waals surface area (Å²) < 4.78 is 7.03. The Morgan fingerprint density at radius 1 is 1.38 bits per heavy atom. The number of nitrogens with zero attached hydrogens (tertiary/aromatic N) is 2. The van der Waals surface area contributed by atoms with Gasteiger partial charge in [0.2, 0.25) is 0 Å². The first kappa shape index (κ1) is 15.0. The zero-order valence-electron chi connectivity index (χ0n) is 11.0. The van der Waals surface area contributed by atoms with Crippen LogP contribution in [0.25, 0.3) is 5.69 Å². The number of hydrogen-bond donors (Lipinski definition) is 2. The predicted octanol–water partition coefficient (Wildman–Crippen LogP) is 1.46. The zero-order valence-corrected chi connectivity index (χ0v) is 12.5. The average Bonchev–Trinajstić information content (AvgIpc) is 2.93. The smallest absolute Gasteiger partial charge is 0.404 e. The van der Waals surface area contributed by atoms with Gasteiger partial charge in [0.05, 0.1) is 12.2 Å². The van der Waals surface area contributed by atoms with Crippen molar-refractivity contribution in [2.75, 3.05) is 13.2 Å². The molecule has 0 aliphatic carbocycles. The number of halogens is 1. The maximum Gasteiger partial charge on any atom is 0.404 e. The number of ether oxygens (including phenoxy) is 1. The molecular formula is C13H13BrN4O3. The van der Waals surface area contributed by atoms with E-state index in [9.17, 15) is 9.59 Å². The fraction of sp³-hybridized carbons (Fsp3) is 0.154. The Hall–Kier alpha value is -2.35. The molecule has 8 heteroatoms. The molecule has 0 atom stereocenters. The van der Waals surface area contributed by atoms with Gasteiger partial charge in [0.25, 0.3) is 5.91 Å². The monoisotopic (exact) mass is 352 g/mol. The molecule has 0 aliphatic heterocycles. The van der Waals surface area contributed by atoms with Gasteiger partial charge in [0.15, 0.2) is 5.69 Å². The molecule has 1 heterocycles. The highest BCUT2D eigenvalue weighted by atomic mass is 79.9. The Kier molecular flexibility index (Phi) is 4.94. The summed E-state index contributed by atoms with van der Waals surface area (Å²) in [6, 6.07) is 9.14. The van der Waals surface area contributed by atoms with Crippen LogP contribution in [0.3, 0.4) is 0 Å². The molecule has 2 amide bonds. The lowest BCUT2D eigenvalue weighted by atomic mass is 10.3. The Labute approximate surface area is 129 Å². The van der Waals surface area contributed by atoms with Crippen molar-refractivity contribution < 1.29 is 14.3 Å². The lowest BCUT2D eigenvalue weighted by molar-refractivity contribution is 0.0931. The van der Waals surface area contributed by atoms with Crippen molar-refractivity contribution in [2.45, 2.75) is 0 Å². The van der Waals surface area contributed by atoms with Crippen molar-refractivity contribution in [2.24, 2.45) is 5.73 Å². The molecule has 0 unspecified atom stereocenters. The summed E-state index contributed by atoms with van der Waals surface area (Å²) in [5.74, 6) is -0.350. The molecule has 0 saturated carbocycles. The zero-order chi connectivity index (χ0) is 15.2. The van der Waals surface area contributed by atoms with E-state index in [1.54, 1.807) is 16.9 Å². The number of carbonyl (C=O) groups is 2. The van der Waals surface area contributed by atoms with Gasteiger partial charge in [0.1, 0.15) is 6.61 Å². The summed E-state index contributed by atoms with van der Waals surface area (Å²) in [6.45, 7) is 0.193. The normalized spacial score (nSPS) is 10.1. The van der Waals surface area contributed by atoms with E-state index < -0.39 is 6.09 Å². The molecule has 110 valence electrons. The van der Waals surface area contributed by atoms with E-state index in [1.807, 2.05) is 24.3 Å². The molecule has 1 aromatic heterocycles. The number of hydrogen-bond acceptors (Lipinski definition) is 4. The van der Waals surface area contributed by atoms with Gasteiger partial charge < -0.3 is 15.8 Å². The first-order valence-corrected chi connectivity index (χ1v) is 6.87. The Balaban J connectivity index is 1.96. The summed E-state index contributed by atoms with van der Waals surface area (Å²) in [6.07, 6.45) is 0.819.